The van der Waals surface area contributed by atoms with Crippen LogP contribution in [0.2, 0.25) is 0 Å². The van der Waals surface area contributed by atoms with E-state index < -0.39 is 0 Å². The third-order valence-corrected chi connectivity index (χ3v) is 2.72. The van der Waals surface area contributed by atoms with Gasteiger partial charge in [0.1, 0.15) is 5.82 Å². The van der Waals surface area contributed by atoms with E-state index in [-0.39, 0.29) is 5.54 Å². The van der Waals surface area contributed by atoms with Gasteiger partial charge in [0.2, 0.25) is 5.95 Å². The summed E-state index contributed by atoms with van der Waals surface area (Å²) in [5.74, 6) is 1.48. The molecule has 2 rings (SSSR count). The number of benzene rings is 1. The second-order valence-corrected chi connectivity index (χ2v) is 6.50. The van der Waals surface area contributed by atoms with Crippen molar-refractivity contribution in [2.45, 2.75) is 46.2 Å². The minimum atomic E-state index is -0.0790. The molecule has 0 fully saturated rings. The molecule has 0 spiro atoms. The lowest BCUT2D eigenvalue weighted by molar-refractivity contribution is 0.626. The van der Waals surface area contributed by atoms with Crippen LogP contribution in [0.3, 0.4) is 0 Å². The highest BCUT2D eigenvalue weighted by molar-refractivity contribution is 5.64. The molecule has 0 aliphatic heterocycles. The number of hydrogen-bond donors (Lipinski definition) is 2. The summed E-state index contributed by atoms with van der Waals surface area (Å²) < 4.78 is 0. The molecule has 2 N–H and O–H groups in total. The summed E-state index contributed by atoms with van der Waals surface area (Å²) in [4.78, 5) is 9.19. The maximum absolute atomic E-state index is 4.63. The quantitative estimate of drug-likeness (QED) is 0.884. The van der Waals surface area contributed by atoms with Crippen LogP contribution in [0.4, 0.5) is 11.8 Å². The van der Waals surface area contributed by atoms with Crippen molar-refractivity contribution in [1.29, 1.82) is 0 Å². The fourth-order valence-corrected chi connectivity index (χ4v) is 1.97. The minimum Gasteiger partial charge on any atom is -0.368 e. The molecule has 0 aliphatic rings. The highest BCUT2D eigenvalue weighted by Gasteiger charge is 2.14. The molecule has 0 atom stereocenters. The van der Waals surface area contributed by atoms with Gasteiger partial charge in [0.15, 0.2) is 0 Å². The fourth-order valence-electron chi connectivity index (χ4n) is 1.97. The first kappa shape index (κ1) is 15.3. The summed E-state index contributed by atoms with van der Waals surface area (Å²) in [5, 5.41) is 6.69. The van der Waals surface area contributed by atoms with Crippen molar-refractivity contribution in [3.05, 3.63) is 36.4 Å². The van der Waals surface area contributed by atoms with Gasteiger partial charge >= 0.3 is 0 Å². The van der Waals surface area contributed by atoms with Crippen molar-refractivity contribution in [2.24, 2.45) is 0 Å². The van der Waals surface area contributed by atoms with Crippen LogP contribution in [-0.2, 0) is 0 Å². The maximum atomic E-state index is 4.63. The van der Waals surface area contributed by atoms with Crippen molar-refractivity contribution < 1.29 is 0 Å². The first-order valence-electron chi connectivity index (χ1n) is 7.33. The monoisotopic (exact) mass is 284 g/mol. The van der Waals surface area contributed by atoms with Crippen LogP contribution in [-0.4, -0.2) is 21.5 Å². The molecule has 4 heteroatoms. The molecule has 0 radical (unpaired) electrons. The number of hydrogen-bond acceptors (Lipinski definition) is 4. The number of aromatic nitrogens is 2. The lowest BCUT2D eigenvalue weighted by Gasteiger charge is -2.21. The Hall–Kier alpha value is -2.10. The molecule has 1 aromatic heterocycles. The van der Waals surface area contributed by atoms with Crippen LogP contribution >= 0.6 is 0 Å². The Morgan fingerprint density at radius 2 is 1.67 bits per heavy atom. The average Bonchev–Trinajstić information content (AvgIpc) is 2.36. The first-order valence-corrected chi connectivity index (χ1v) is 7.33. The van der Waals surface area contributed by atoms with Gasteiger partial charge < -0.3 is 10.6 Å². The van der Waals surface area contributed by atoms with Crippen LogP contribution in [0, 0.1) is 0 Å². The molecular weight excluding hydrogens is 260 g/mol. The highest BCUT2D eigenvalue weighted by Crippen LogP contribution is 2.22. The third-order valence-electron chi connectivity index (χ3n) is 2.72. The molecule has 112 valence electrons. The Labute approximate surface area is 127 Å². The second-order valence-electron chi connectivity index (χ2n) is 6.50. The van der Waals surface area contributed by atoms with E-state index in [9.17, 15) is 0 Å². The molecule has 2 aromatic rings. The van der Waals surface area contributed by atoms with E-state index in [1.807, 2.05) is 24.3 Å². The molecule has 0 saturated heterocycles. The number of nitrogens with zero attached hydrogens (tertiary/aromatic N) is 2. The van der Waals surface area contributed by atoms with Crippen LogP contribution in [0.5, 0.6) is 0 Å². The number of nitrogens with one attached hydrogen (secondary N) is 2. The predicted molar refractivity (Wildman–Crippen MR) is 89.6 cm³/mol. The first-order chi connectivity index (χ1) is 9.83. The lowest BCUT2D eigenvalue weighted by Crippen LogP contribution is -2.27. The molecule has 21 heavy (non-hydrogen) atoms. The summed E-state index contributed by atoms with van der Waals surface area (Å²) in [5.41, 5.74) is 1.92. The molecular formula is C17H24N4. The number of anilines is 2. The van der Waals surface area contributed by atoms with E-state index in [1.54, 1.807) is 0 Å². The molecule has 0 saturated carbocycles. The highest BCUT2D eigenvalue weighted by atomic mass is 15.2. The average molecular weight is 284 g/mol. The molecule has 0 unspecified atom stereocenters. The van der Waals surface area contributed by atoms with E-state index >= 15 is 0 Å². The van der Waals surface area contributed by atoms with Crippen molar-refractivity contribution >= 4 is 11.8 Å². The largest absolute Gasteiger partial charge is 0.368 e. The van der Waals surface area contributed by atoms with Crippen LogP contribution in [0.25, 0.3) is 11.3 Å². The summed E-state index contributed by atoms with van der Waals surface area (Å²) in [7, 11) is 0. The van der Waals surface area contributed by atoms with E-state index in [0.717, 1.165) is 17.1 Å². The fraction of sp³-hybridized carbons (Fsp3) is 0.412. The smallest absolute Gasteiger partial charge is 0.225 e. The zero-order chi connectivity index (χ0) is 15.5. The Kier molecular flexibility index (Phi) is 4.46. The zero-order valence-corrected chi connectivity index (χ0v) is 13.4. The van der Waals surface area contributed by atoms with Gasteiger partial charge in [-0.2, -0.15) is 4.98 Å². The summed E-state index contributed by atoms with van der Waals surface area (Å²) in [6.45, 7) is 10.5. The normalized spacial score (nSPS) is 11.5. The van der Waals surface area contributed by atoms with Gasteiger partial charge in [-0.05, 0) is 34.6 Å². The van der Waals surface area contributed by atoms with Crippen molar-refractivity contribution in [3.8, 4) is 11.3 Å². The summed E-state index contributed by atoms with van der Waals surface area (Å²) in [6, 6.07) is 12.5. The van der Waals surface area contributed by atoms with Gasteiger partial charge in [0.05, 0.1) is 5.69 Å². The Balaban J connectivity index is 2.42. The van der Waals surface area contributed by atoms with Crippen LogP contribution in [0.1, 0.15) is 34.6 Å². The summed E-state index contributed by atoms with van der Waals surface area (Å²) >= 11 is 0. The number of rotatable bonds is 4. The summed E-state index contributed by atoms with van der Waals surface area (Å²) in [6.07, 6.45) is 0. The minimum absolute atomic E-state index is 0.0790. The third kappa shape index (κ3) is 4.74. The Bertz CT molecular complexity index is 585. The van der Waals surface area contributed by atoms with E-state index in [2.05, 4.69) is 67.4 Å². The zero-order valence-electron chi connectivity index (χ0n) is 13.4. The van der Waals surface area contributed by atoms with Gasteiger partial charge in [-0.15, -0.1) is 0 Å². The van der Waals surface area contributed by atoms with Gasteiger partial charge in [-0.25, -0.2) is 4.98 Å². The molecule has 0 bridgehead atoms. The second kappa shape index (κ2) is 6.12. The molecule has 1 heterocycles. The van der Waals surface area contributed by atoms with E-state index in [0.29, 0.717) is 12.0 Å². The van der Waals surface area contributed by atoms with Crippen LogP contribution in [0.15, 0.2) is 36.4 Å². The SMILES string of the molecule is CC(C)Nc1cc(-c2ccccc2)nc(NC(C)(C)C)n1. The Morgan fingerprint density at radius 1 is 1.00 bits per heavy atom. The van der Waals surface area contributed by atoms with Crippen LogP contribution < -0.4 is 10.6 Å². The maximum Gasteiger partial charge on any atom is 0.225 e. The molecule has 4 nitrogen and oxygen atoms in total. The van der Waals surface area contributed by atoms with E-state index in [1.165, 1.54) is 0 Å². The molecule has 0 aliphatic carbocycles. The molecule has 0 amide bonds. The van der Waals surface area contributed by atoms with Crippen molar-refractivity contribution in [2.75, 3.05) is 10.6 Å². The standard InChI is InChI=1S/C17H24N4/c1-12(2)18-15-11-14(13-9-7-6-8-10-13)19-16(20-15)21-17(3,4)5/h6-12H,1-5H3,(H2,18,19,20,21). The molecule has 1 aromatic carbocycles. The van der Waals surface area contributed by atoms with Gasteiger partial charge in [0, 0.05) is 23.2 Å². The predicted octanol–water partition coefficient (Wildman–Crippen LogP) is 4.17. The van der Waals surface area contributed by atoms with E-state index in [4.69, 9.17) is 0 Å². The lowest BCUT2D eigenvalue weighted by atomic mass is 10.1. The van der Waals surface area contributed by atoms with Gasteiger partial charge in [-0.1, -0.05) is 30.3 Å². The van der Waals surface area contributed by atoms with Gasteiger partial charge in [-0.3, -0.25) is 0 Å². The topological polar surface area (TPSA) is 49.8 Å². The van der Waals surface area contributed by atoms with Crippen molar-refractivity contribution in [1.82, 2.24) is 9.97 Å². The van der Waals surface area contributed by atoms with Crippen molar-refractivity contribution in [3.63, 3.8) is 0 Å². The Morgan fingerprint density at radius 3 is 2.24 bits per heavy atom. The van der Waals surface area contributed by atoms with Gasteiger partial charge in [0.25, 0.3) is 0 Å².